The monoisotopic (exact) mass is 331 g/mol. The lowest BCUT2D eigenvalue weighted by Crippen LogP contribution is -2.31. The molecule has 3 nitrogen and oxygen atoms in total. The van der Waals surface area contributed by atoms with Crippen LogP contribution in [0, 0.1) is 5.41 Å². The molecule has 0 aliphatic heterocycles. The highest BCUT2D eigenvalue weighted by molar-refractivity contribution is 9.09. The third kappa shape index (κ3) is 4.07. The smallest absolute Gasteiger partial charge is 0.214 e. The topological polar surface area (TPSA) is 46.2 Å². The lowest BCUT2D eigenvalue weighted by Gasteiger charge is -2.14. The van der Waals surface area contributed by atoms with Gasteiger partial charge in [-0.1, -0.05) is 46.3 Å². The van der Waals surface area contributed by atoms with Crippen molar-refractivity contribution >= 4 is 26.0 Å². The summed E-state index contributed by atoms with van der Waals surface area (Å²) in [5, 5.41) is 0.938. The van der Waals surface area contributed by atoms with Crippen LogP contribution in [0.2, 0.25) is 0 Å². The number of nitrogens with one attached hydrogen (secondary N) is 1. The summed E-state index contributed by atoms with van der Waals surface area (Å²) in [5.74, 6) is 0.0677. The summed E-state index contributed by atoms with van der Waals surface area (Å²) >= 11 is 3.42. The van der Waals surface area contributed by atoms with E-state index in [0.717, 1.165) is 30.2 Å². The Bertz CT molecular complexity index is 483. The minimum Gasteiger partial charge on any atom is -0.214 e. The second-order valence-corrected chi connectivity index (χ2v) is 7.60. The van der Waals surface area contributed by atoms with Crippen molar-refractivity contribution in [3.63, 3.8) is 0 Å². The highest BCUT2D eigenvalue weighted by atomic mass is 79.9. The molecule has 0 saturated heterocycles. The van der Waals surface area contributed by atoms with E-state index in [0.29, 0.717) is 6.54 Å². The summed E-state index contributed by atoms with van der Waals surface area (Å²) < 4.78 is 26.7. The molecule has 0 bridgehead atoms. The number of sulfonamides is 1. The predicted molar refractivity (Wildman–Crippen MR) is 77.1 cm³/mol. The highest BCUT2D eigenvalue weighted by Crippen LogP contribution is 2.48. The van der Waals surface area contributed by atoms with Crippen molar-refractivity contribution in [2.24, 2.45) is 5.41 Å². The van der Waals surface area contributed by atoms with Crippen LogP contribution in [0.1, 0.15) is 24.8 Å². The predicted octanol–water partition coefficient (Wildman–Crippen LogP) is 2.67. The largest absolute Gasteiger partial charge is 0.215 e. The van der Waals surface area contributed by atoms with Crippen LogP contribution in [0.25, 0.3) is 0 Å². The minimum absolute atomic E-state index is 0.0677. The van der Waals surface area contributed by atoms with Gasteiger partial charge in [0, 0.05) is 11.9 Å². The lowest BCUT2D eigenvalue weighted by atomic mass is 10.1. The molecule has 5 heteroatoms. The fourth-order valence-electron chi connectivity index (χ4n) is 2.00. The number of hydrogen-bond donors (Lipinski definition) is 1. The summed E-state index contributed by atoms with van der Waals surface area (Å²) in [6.45, 7) is 0.577. The van der Waals surface area contributed by atoms with Gasteiger partial charge < -0.3 is 0 Å². The van der Waals surface area contributed by atoms with Crippen molar-refractivity contribution in [2.75, 3.05) is 11.9 Å². The second kappa shape index (κ2) is 5.72. The van der Waals surface area contributed by atoms with Crippen LogP contribution in [-0.2, 0) is 15.8 Å². The maximum Gasteiger partial charge on any atom is 0.215 e. The number of halogens is 1. The maximum atomic E-state index is 12.0. The molecule has 1 saturated carbocycles. The molecule has 2 rings (SSSR count). The van der Waals surface area contributed by atoms with Crippen molar-refractivity contribution in [1.29, 1.82) is 0 Å². The Morgan fingerprint density at radius 2 is 1.89 bits per heavy atom. The van der Waals surface area contributed by atoms with Crippen molar-refractivity contribution in [3.8, 4) is 0 Å². The van der Waals surface area contributed by atoms with Crippen molar-refractivity contribution < 1.29 is 8.42 Å². The zero-order chi connectivity index (χ0) is 13.1. The molecule has 18 heavy (non-hydrogen) atoms. The van der Waals surface area contributed by atoms with Gasteiger partial charge in [-0.3, -0.25) is 0 Å². The molecular weight excluding hydrogens is 314 g/mol. The van der Waals surface area contributed by atoms with Crippen LogP contribution < -0.4 is 4.72 Å². The van der Waals surface area contributed by atoms with E-state index in [-0.39, 0.29) is 11.2 Å². The molecule has 0 unspecified atom stereocenters. The summed E-state index contributed by atoms with van der Waals surface area (Å²) in [5.41, 5.74) is 1.04. The van der Waals surface area contributed by atoms with Crippen LogP contribution in [0.4, 0.5) is 0 Å². The van der Waals surface area contributed by atoms with E-state index in [9.17, 15) is 8.42 Å². The Hall–Kier alpha value is -0.390. The first kappa shape index (κ1) is 14.0. The van der Waals surface area contributed by atoms with Gasteiger partial charge in [-0.2, -0.15) is 0 Å². The van der Waals surface area contributed by atoms with Gasteiger partial charge in [0.15, 0.2) is 0 Å². The molecule has 1 aliphatic carbocycles. The van der Waals surface area contributed by atoms with E-state index < -0.39 is 10.0 Å². The van der Waals surface area contributed by atoms with E-state index in [4.69, 9.17) is 0 Å². The quantitative estimate of drug-likeness (QED) is 0.781. The average Bonchev–Trinajstić information content (AvgIpc) is 3.09. The summed E-state index contributed by atoms with van der Waals surface area (Å²) in [4.78, 5) is 0. The van der Waals surface area contributed by atoms with Gasteiger partial charge in [0.25, 0.3) is 0 Å². The van der Waals surface area contributed by atoms with Crippen LogP contribution in [0.5, 0.6) is 0 Å². The van der Waals surface area contributed by atoms with Gasteiger partial charge in [0.1, 0.15) is 0 Å². The molecular formula is C13H18BrNO2S. The zero-order valence-corrected chi connectivity index (χ0v) is 12.6. The first-order valence-corrected chi connectivity index (χ1v) is 8.90. The van der Waals surface area contributed by atoms with E-state index in [1.165, 1.54) is 0 Å². The first-order valence-electron chi connectivity index (χ1n) is 6.13. The Kier molecular flexibility index (Phi) is 4.45. The van der Waals surface area contributed by atoms with Gasteiger partial charge in [-0.15, -0.1) is 0 Å². The third-order valence-corrected chi connectivity index (χ3v) is 5.14. The van der Waals surface area contributed by atoms with Crippen LogP contribution in [0.3, 0.4) is 0 Å². The summed E-state index contributed by atoms with van der Waals surface area (Å²) in [7, 11) is -3.21. The highest BCUT2D eigenvalue weighted by Gasteiger charge is 2.42. The lowest BCUT2D eigenvalue weighted by molar-refractivity contribution is 0.480. The van der Waals surface area contributed by atoms with Crippen LogP contribution >= 0.6 is 15.9 Å². The molecule has 1 aromatic carbocycles. The number of alkyl halides is 1. The molecule has 1 N–H and O–H groups in total. The first-order chi connectivity index (χ1) is 8.55. The third-order valence-electron chi connectivity index (χ3n) is 3.45. The molecule has 100 valence electrons. The number of benzene rings is 1. The Morgan fingerprint density at radius 1 is 1.22 bits per heavy atom. The molecule has 1 aliphatic rings. The molecule has 0 heterocycles. The Labute approximate surface area is 117 Å². The summed E-state index contributed by atoms with van der Waals surface area (Å²) in [6, 6.07) is 9.28. The van der Waals surface area contributed by atoms with E-state index >= 15 is 0 Å². The van der Waals surface area contributed by atoms with Crippen molar-refractivity contribution in [3.05, 3.63) is 35.9 Å². The normalized spacial score (nSPS) is 17.6. The molecule has 0 aromatic heterocycles. The number of rotatable bonds is 7. The van der Waals surface area contributed by atoms with E-state index in [1.54, 1.807) is 0 Å². The van der Waals surface area contributed by atoms with Crippen molar-refractivity contribution in [2.45, 2.75) is 25.0 Å². The minimum atomic E-state index is -3.21. The second-order valence-electron chi connectivity index (χ2n) is 5.00. The Morgan fingerprint density at radius 3 is 2.44 bits per heavy atom. The van der Waals surface area contributed by atoms with Gasteiger partial charge in [0.05, 0.1) is 5.75 Å². The standard InChI is InChI=1S/C13H18BrNO2S/c14-9-8-13(6-7-13)11-15-18(16,17)10-12-4-2-1-3-5-12/h1-5,15H,6-11H2. The van der Waals surface area contributed by atoms with Gasteiger partial charge in [-0.25, -0.2) is 13.1 Å². The van der Waals surface area contributed by atoms with Gasteiger partial charge in [0.2, 0.25) is 10.0 Å². The fraction of sp³-hybridized carbons (Fsp3) is 0.538. The van der Waals surface area contributed by atoms with Crippen LogP contribution in [-0.4, -0.2) is 20.3 Å². The SMILES string of the molecule is O=S(=O)(Cc1ccccc1)NCC1(CCBr)CC1. The molecule has 0 spiro atoms. The fourth-order valence-corrected chi connectivity index (χ4v) is 4.10. The number of hydrogen-bond acceptors (Lipinski definition) is 2. The zero-order valence-electron chi connectivity index (χ0n) is 10.2. The molecule has 1 aromatic rings. The summed E-state index contributed by atoms with van der Waals surface area (Å²) in [6.07, 6.45) is 3.31. The molecule has 0 radical (unpaired) electrons. The Balaban J connectivity index is 1.88. The maximum absolute atomic E-state index is 12.0. The van der Waals surface area contributed by atoms with E-state index in [1.807, 2.05) is 30.3 Å². The molecule has 0 atom stereocenters. The van der Waals surface area contributed by atoms with Crippen LogP contribution in [0.15, 0.2) is 30.3 Å². The average molecular weight is 332 g/mol. The van der Waals surface area contributed by atoms with Gasteiger partial charge >= 0.3 is 0 Å². The molecule has 1 fully saturated rings. The molecule has 0 amide bonds. The van der Waals surface area contributed by atoms with E-state index in [2.05, 4.69) is 20.7 Å². The van der Waals surface area contributed by atoms with Gasteiger partial charge in [-0.05, 0) is 30.2 Å². The van der Waals surface area contributed by atoms with Crippen molar-refractivity contribution in [1.82, 2.24) is 4.72 Å².